The normalized spacial score (nSPS) is 15.0. The standard InChI is InChI=1S/C32H32F3N5O6S/c1-38(2)30(41)22-8-5-7-20(15-22)21-11-12-27(45-4)28(16-21)47(43,44)37-23-9-6-10-24(17-23)46-25-13-14-40(19-25)31(42)26-18-36-39(3)29(26)32(33,34)35/h5-12,15-18,25,37H,13-14,19H2,1-4H3/t25-/m0/s1. The molecular weight excluding hydrogens is 639 g/mol. The summed E-state index contributed by atoms with van der Waals surface area (Å²) in [5, 5.41) is 3.61. The van der Waals surface area contributed by atoms with Gasteiger partial charge in [0.2, 0.25) is 0 Å². The van der Waals surface area contributed by atoms with Crippen LogP contribution in [0, 0.1) is 0 Å². The van der Waals surface area contributed by atoms with E-state index in [1.54, 1.807) is 56.6 Å². The van der Waals surface area contributed by atoms with E-state index in [-0.39, 0.29) is 35.3 Å². The summed E-state index contributed by atoms with van der Waals surface area (Å²) >= 11 is 0. The van der Waals surface area contributed by atoms with Gasteiger partial charge >= 0.3 is 6.18 Å². The summed E-state index contributed by atoms with van der Waals surface area (Å²) in [6.45, 7) is 0.205. The molecule has 1 fully saturated rings. The Labute approximate surface area is 269 Å². The van der Waals surface area contributed by atoms with Crippen molar-refractivity contribution in [2.24, 2.45) is 7.05 Å². The number of hydrogen-bond donors (Lipinski definition) is 1. The quantitative estimate of drug-likeness (QED) is 0.268. The molecule has 0 bridgehead atoms. The molecule has 47 heavy (non-hydrogen) atoms. The molecule has 1 atom stereocenters. The van der Waals surface area contributed by atoms with E-state index in [9.17, 15) is 31.2 Å². The van der Waals surface area contributed by atoms with Gasteiger partial charge in [-0.3, -0.25) is 19.0 Å². The second kappa shape index (κ2) is 13.0. The first-order valence-corrected chi connectivity index (χ1v) is 15.8. The van der Waals surface area contributed by atoms with Crippen LogP contribution in [0.15, 0.2) is 77.8 Å². The molecule has 0 radical (unpaired) electrons. The minimum atomic E-state index is -4.75. The highest BCUT2D eigenvalue weighted by Gasteiger charge is 2.41. The van der Waals surface area contributed by atoms with E-state index in [1.165, 1.54) is 41.2 Å². The largest absolute Gasteiger partial charge is 0.495 e. The van der Waals surface area contributed by atoms with E-state index in [4.69, 9.17) is 9.47 Å². The van der Waals surface area contributed by atoms with Gasteiger partial charge in [0.15, 0.2) is 5.69 Å². The Hall–Kier alpha value is -5.05. The van der Waals surface area contributed by atoms with E-state index in [2.05, 4.69) is 9.82 Å². The maximum absolute atomic E-state index is 13.6. The molecule has 0 spiro atoms. The van der Waals surface area contributed by atoms with Crippen molar-refractivity contribution in [1.29, 1.82) is 0 Å². The SMILES string of the molecule is COc1ccc(-c2cccc(C(=O)N(C)C)c2)cc1S(=O)(=O)Nc1cccc(O[C@H]2CCN(C(=O)c3cnn(C)c3C(F)(F)F)C2)c1. The zero-order valence-electron chi connectivity index (χ0n) is 25.9. The maximum Gasteiger partial charge on any atom is 0.433 e. The molecule has 1 aliphatic rings. The van der Waals surface area contributed by atoms with Gasteiger partial charge in [-0.05, 0) is 47.5 Å². The minimum Gasteiger partial charge on any atom is -0.495 e. The molecular formula is C32H32F3N5O6S. The molecule has 1 saturated heterocycles. The van der Waals surface area contributed by atoms with Gasteiger partial charge in [-0.15, -0.1) is 0 Å². The van der Waals surface area contributed by atoms with Crippen LogP contribution >= 0.6 is 0 Å². The van der Waals surface area contributed by atoms with Crippen molar-refractivity contribution in [2.45, 2.75) is 23.6 Å². The molecule has 2 amide bonds. The van der Waals surface area contributed by atoms with Crippen LogP contribution in [-0.4, -0.2) is 80.2 Å². The number of rotatable bonds is 9. The number of sulfonamides is 1. The van der Waals surface area contributed by atoms with Gasteiger partial charge in [0, 0.05) is 45.7 Å². The van der Waals surface area contributed by atoms with Crippen LogP contribution < -0.4 is 14.2 Å². The van der Waals surface area contributed by atoms with Gasteiger partial charge in [-0.25, -0.2) is 8.42 Å². The molecule has 0 aliphatic carbocycles. The lowest BCUT2D eigenvalue weighted by molar-refractivity contribution is -0.144. The van der Waals surface area contributed by atoms with Crippen molar-refractivity contribution in [1.82, 2.24) is 19.6 Å². The van der Waals surface area contributed by atoms with E-state index >= 15 is 0 Å². The molecule has 3 aromatic carbocycles. The fraction of sp³-hybridized carbons (Fsp3) is 0.281. The van der Waals surface area contributed by atoms with Crippen LogP contribution in [-0.2, 0) is 23.2 Å². The predicted octanol–water partition coefficient (Wildman–Crippen LogP) is 4.91. The van der Waals surface area contributed by atoms with E-state index < -0.39 is 39.5 Å². The average Bonchev–Trinajstić information content (AvgIpc) is 3.66. The third-order valence-corrected chi connectivity index (χ3v) is 8.96. The van der Waals surface area contributed by atoms with Gasteiger partial charge in [0.1, 0.15) is 22.5 Å². The number of halogens is 3. The Morgan fingerprint density at radius 1 is 1.02 bits per heavy atom. The monoisotopic (exact) mass is 671 g/mol. The highest BCUT2D eigenvalue weighted by atomic mass is 32.2. The number of hydrogen-bond acceptors (Lipinski definition) is 7. The number of aryl methyl sites for hydroxylation is 1. The first-order chi connectivity index (χ1) is 22.2. The Balaban J connectivity index is 1.31. The zero-order chi connectivity index (χ0) is 34.1. The summed E-state index contributed by atoms with van der Waals surface area (Å²) in [6, 6.07) is 17.7. The van der Waals surface area contributed by atoms with Crippen molar-refractivity contribution in [3.63, 3.8) is 0 Å². The number of alkyl halides is 3. The third-order valence-electron chi connectivity index (χ3n) is 7.56. The number of carbonyl (C=O) groups is 2. The number of nitrogens with zero attached hydrogens (tertiary/aromatic N) is 4. The second-order valence-corrected chi connectivity index (χ2v) is 12.7. The summed E-state index contributed by atoms with van der Waals surface area (Å²) in [5.41, 5.74) is 0.151. The summed E-state index contributed by atoms with van der Waals surface area (Å²) in [7, 11) is 1.57. The highest BCUT2D eigenvalue weighted by Crippen LogP contribution is 2.34. The Morgan fingerprint density at radius 3 is 2.45 bits per heavy atom. The van der Waals surface area contributed by atoms with Gasteiger partial charge < -0.3 is 19.3 Å². The number of benzene rings is 3. The van der Waals surface area contributed by atoms with Crippen LogP contribution in [0.4, 0.5) is 18.9 Å². The van der Waals surface area contributed by atoms with Crippen molar-refractivity contribution < 1.29 is 40.7 Å². The number of amides is 2. The number of anilines is 1. The van der Waals surface area contributed by atoms with E-state index in [0.717, 1.165) is 13.2 Å². The summed E-state index contributed by atoms with van der Waals surface area (Å²) < 4.78 is 82.2. The number of likely N-dealkylation sites (tertiary alicyclic amines) is 1. The summed E-state index contributed by atoms with van der Waals surface area (Å²) in [4.78, 5) is 28.0. The maximum atomic E-state index is 13.6. The Kier molecular flexibility index (Phi) is 9.20. The molecule has 5 rings (SSSR count). The molecule has 4 aromatic rings. The molecule has 2 heterocycles. The average molecular weight is 672 g/mol. The molecule has 15 heteroatoms. The van der Waals surface area contributed by atoms with Crippen LogP contribution in [0.3, 0.4) is 0 Å². The highest BCUT2D eigenvalue weighted by molar-refractivity contribution is 7.92. The van der Waals surface area contributed by atoms with Crippen molar-refractivity contribution >= 4 is 27.5 Å². The molecule has 1 N–H and O–H groups in total. The lowest BCUT2D eigenvalue weighted by atomic mass is 10.0. The summed E-state index contributed by atoms with van der Waals surface area (Å²) in [6.07, 6.45) is -4.02. The number of methoxy groups -OCH3 is 1. The first-order valence-electron chi connectivity index (χ1n) is 14.4. The number of nitrogens with one attached hydrogen (secondary N) is 1. The minimum absolute atomic E-state index is 0.0340. The number of carbonyl (C=O) groups excluding carboxylic acids is 2. The molecule has 11 nitrogen and oxygen atoms in total. The zero-order valence-corrected chi connectivity index (χ0v) is 26.7. The molecule has 248 valence electrons. The van der Waals surface area contributed by atoms with Gasteiger partial charge in [-0.2, -0.15) is 18.3 Å². The molecule has 1 aliphatic heterocycles. The lowest BCUT2D eigenvalue weighted by Gasteiger charge is -2.18. The molecule has 0 saturated carbocycles. The fourth-order valence-corrected chi connectivity index (χ4v) is 6.55. The third kappa shape index (κ3) is 7.19. The van der Waals surface area contributed by atoms with Crippen LogP contribution in [0.25, 0.3) is 11.1 Å². The van der Waals surface area contributed by atoms with E-state index in [0.29, 0.717) is 33.5 Å². The predicted molar refractivity (Wildman–Crippen MR) is 167 cm³/mol. The fourth-order valence-electron chi connectivity index (χ4n) is 5.30. The lowest BCUT2D eigenvalue weighted by Crippen LogP contribution is -2.32. The molecule has 0 unspecified atom stereocenters. The summed E-state index contributed by atoms with van der Waals surface area (Å²) in [5.74, 6) is -0.597. The Bertz CT molecular complexity index is 1930. The van der Waals surface area contributed by atoms with Crippen LogP contribution in [0.2, 0.25) is 0 Å². The number of aromatic nitrogens is 2. The Morgan fingerprint density at radius 2 is 1.74 bits per heavy atom. The van der Waals surface area contributed by atoms with Crippen molar-refractivity contribution in [2.75, 3.05) is 39.0 Å². The van der Waals surface area contributed by atoms with Gasteiger partial charge in [-0.1, -0.05) is 24.3 Å². The van der Waals surface area contributed by atoms with Crippen LogP contribution in [0.5, 0.6) is 11.5 Å². The van der Waals surface area contributed by atoms with E-state index in [1.807, 2.05) is 0 Å². The van der Waals surface area contributed by atoms with Crippen LogP contribution in [0.1, 0.15) is 32.8 Å². The van der Waals surface area contributed by atoms with Crippen molar-refractivity contribution in [3.05, 3.63) is 89.7 Å². The van der Waals surface area contributed by atoms with Gasteiger partial charge in [0.25, 0.3) is 21.8 Å². The number of ether oxygens (including phenoxy) is 2. The smallest absolute Gasteiger partial charge is 0.433 e. The molecule has 1 aromatic heterocycles. The second-order valence-electron chi connectivity index (χ2n) is 11.1. The topological polar surface area (TPSA) is 123 Å². The van der Waals surface area contributed by atoms with Crippen molar-refractivity contribution in [3.8, 4) is 22.6 Å². The van der Waals surface area contributed by atoms with Gasteiger partial charge in [0.05, 0.1) is 31.1 Å². The first kappa shape index (κ1) is 33.3.